The molecule has 0 aromatic rings. The van der Waals surface area contributed by atoms with Crippen LogP contribution in [-0.2, 0) is 37.5 Å². The van der Waals surface area contributed by atoms with Crippen molar-refractivity contribution in [2.75, 3.05) is 32.1 Å². The third kappa shape index (κ3) is 30.6. The molecule has 0 aliphatic carbocycles. The first kappa shape index (κ1) is 62.2. The van der Waals surface area contributed by atoms with Crippen molar-refractivity contribution in [3.8, 4) is 0 Å². The van der Waals surface area contributed by atoms with Crippen LogP contribution in [0.3, 0.4) is 0 Å². The normalized spacial score (nSPS) is 18.0. The predicted molar refractivity (Wildman–Crippen MR) is 255 cm³/mol. The van der Waals surface area contributed by atoms with E-state index in [1.54, 1.807) is 11.8 Å². The Hall–Kier alpha value is -1.79. The second kappa shape index (κ2) is 40.0. The molecule has 0 radical (unpaired) electrons. The zero-order valence-corrected chi connectivity index (χ0v) is 42.9. The average Bonchev–Trinajstić information content (AvgIpc) is 3.82. The first-order chi connectivity index (χ1) is 31.5. The molecule has 15 nitrogen and oxygen atoms in total. The van der Waals surface area contributed by atoms with Gasteiger partial charge in [0.1, 0.15) is 6.61 Å². The molecule has 4 amide bonds. The van der Waals surface area contributed by atoms with Crippen LogP contribution in [0.15, 0.2) is 0 Å². The molecule has 2 aliphatic heterocycles. The van der Waals surface area contributed by atoms with Gasteiger partial charge in [0.25, 0.3) is 7.82 Å². The zero-order chi connectivity index (χ0) is 47.4. The summed E-state index contributed by atoms with van der Waals surface area (Å²) in [5.74, 6) is -0.704. The maximum Gasteiger partial charge on any atom is 1.00 e. The number of nitrogens with one attached hydrogen (secondary N) is 2. The Morgan fingerprint density at radius 2 is 1.18 bits per heavy atom. The molecule has 3 N–H and O–H groups in total. The summed E-state index contributed by atoms with van der Waals surface area (Å²) in [5.41, 5.74) is 0. The van der Waals surface area contributed by atoms with E-state index in [1.807, 2.05) is 0 Å². The van der Waals surface area contributed by atoms with E-state index in [0.29, 0.717) is 37.9 Å². The van der Waals surface area contributed by atoms with Crippen LogP contribution >= 0.6 is 19.6 Å². The van der Waals surface area contributed by atoms with Crippen LogP contribution in [0.2, 0.25) is 0 Å². The maximum atomic E-state index is 12.8. The summed E-state index contributed by atoms with van der Waals surface area (Å²) in [5, 5.41) is 14.8. The number of hydrogen-bond acceptors (Lipinski definition) is 12. The van der Waals surface area contributed by atoms with Gasteiger partial charge in [0.15, 0.2) is 6.10 Å². The van der Waals surface area contributed by atoms with Crippen molar-refractivity contribution in [2.45, 2.75) is 243 Å². The van der Waals surface area contributed by atoms with Crippen LogP contribution in [0.4, 0.5) is 9.59 Å². The summed E-state index contributed by atoms with van der Waals surface area (Å²) in [4.78, 5) is 74.6. The van der Waals surface area contributed by atoms with Gasteiger partial charge in [-0.25, -0.2) is 14.5 Å². The molecule has 2 rings (SSSR count). The predicted octanol–water partition coefficient (Wildman–Crippen LogP) is 8.14. The number of amides is 4. The minimum Gasteiger partial charge on any atom is -0.756 e. The van der Waals surface area contributed by atoms with Gasteiger partial charge in [0, 0.05) is 36.8 Å². The number of carbonyl (C=O) groups excluding carboxylic acids is 4. The first-order valence-corrected chi connectivity index (χ1v) is 28.1. The first-order valence-electron chi connectivity index (χ1n) is 25.6. The molecule has 0 aromatic carbocycles. The number of esters is 2. The standard InChI is InChI=1S/C48H88N3O12PS.Li/c1-3-5-7-9-11-13-15-17-19-21-23-25-27-33-44(53)60-37-40(63-45(54)34-28-26-24-22-20-18-16-14-12-10-8-6-4-2)38-62-64(58,59)61-36-35-49-43(52)32-30-29-31-42-46-41(39-65-42)51(48(56)57)47(55)50-46;/h40-42,46H,3-39H2,1-2H3,(H,49,52)(H,50,55)(H,56,57)(H,58,59);/q;+1/p-1/t40?,41-,42?,46-;/m0./s1. The Morgan fingerprint density at radius 3 is 1.68 bits per heavy atom. The fourth-order valence-corrected chi connectivity index (χ4v) is 10.8. The van der Waals surface area contributed by atoms with E-state index in [9.17, 15) is 38.5 Å². The number of thioether (sulfide) groups is 1. The van der Waals surface area contributed by atoms with E-state index in [4.69, 9.17) is 18.5 Å². The number of carboxylic acid groups (broad SMARTS) is 1. The molecule has 2 aliphatic rings. The number of ether oxygens (including phenoxy) is 2. The van der Waals surface area contributed by atoms with Gasteiger partial charge in [-0.15, -0.1) is 0 Å². The third-order valence-electron chi connectivity index (χ3n) is 12.3. The number of urea groups is 1. The minimum atomic E-state index is -4.86. The fraction of sp³-hybridized carbons (Fsp3) is 0.896. The summed E-state index contributed by atoms with van der Waals surface area (Å²) >= 11 is 1.61. The molecule has 3 unspecified atom stereocenters. The Bertz CT molecular complexity index is 1370. The van der Waals surface area contributed by atoms with Gasteiger partial charge >= 0.3 is 42.9 Å². The largest absolute Gasteiger partial charge is 1.00 e. The van der Waals surface area contributed by atoms with Gasteiger partial charge in [0.05, 0.1) is 25.3 Å². The van der Waals surface area contributed by atoms with Crippen molar-refractivity contribution < 1.29 is 75.9 Å². The monoisotopic (exact) mass is 968 g/mol. The van der Waals surface area contributed by atoms with Crippen LogP contribution < -0.4 is 34.4 Å². The molecule has 5 atom stereocenters. The summed E-state index contributed by atoms with van der Waals surface area (Å²) in [6.07, 6.45) is 30.9. The number of imide groups is 1. The Morgan fingerprint density at radius 1 is 0.712 bits per heavy atom. The van der Waals surface area contributed by atoms with Crippen LogP contribution in [0.25, 0.3) is 0 Å². The molecule has 2 heterocycles. The number of unbranched alkanes of at least 4 members (excludes halogenated alkanes) is 25. The number of phosphoric acid groups is 1. The number of fused-ring (bicyclic) bond motifs is 1. The third-order valence-corrected chi connectivity index (χ3v) is 14.7. The summed E-state index contributed by atoms with van der Waals surface area (Å²) in [6, 6.07) is -1.23. The van der Waals surface area contributed by atoms with Crippen LogP contribution in [0, 0.1) is 0 Å². The second-order valence-corrected chi connectivity index (χ2v) is 20.7. The molecule has 0 spiro atoms. The van der Waals surface area contributed by atoms with Crippen molar-refractivity contribution >= 4 is 49.6 Å². The van der Waals surface area contributed by atoms with Crippen molar-refractivity contribution in [1.82, 2.24) is 15.5 Å². The summed E-state index contributed by atoms with van der Waals surface area (Å²) in [7, 11) is -4.86. The van der Waals surface area contributed by atoms with E-state index >= 15 is 0 Å². The number of carbonyl (C=O) groups is 5. The van der Waals surface area contributed by atoms with Crippen molar-refractivity contribution in [3.05, 3.63) is 0 Å². The van der Waals surface area contributed by atoms with E-state index in [-0.39, 0.29) is 81.1 Å². The van der Waals surface area contributed by atoms with Gasteiger partial charge in [-0.2, -0.15) is 11.8 Å². The number of hydrogen-bond donors (Lipinski definition) is 3. The van der Waals surface area contributed by atoms with E-state index in [1.165, 1.54) is 116 Å². The quantitative estimate of drug-likeness (QED) is 0.0174. The molecule has 0 bridgehead atoms. The average molecular weight is 968 g/mol. The van der Waals surface area contributed by atoms with E-state index < -0.39 is 44.6 Å². The maximum absolute atomic E-state index is 12.8. The molecular weight excluding hydrogens is 881 g/mol. The van der Waals surface area contributed by atoms with Crippen molar-refractivity contribution in [1.29, 1.82) is 0 Å². The molecule has 378 valence electrons. The minimum absolute atomic E-state index is 0. The number of phosphoric ester groups is 1. The van der Waals surface area contributed by atoms with E-state index in [0.717, 1.165) is 43.4 Å². The Kier molecular flexibility index (Phi) is 37.7. The Labute approximate surface area is 414 Å². The molecular formula is C48H87LiN3O12PS. The van der Waals surface area contributed by atoms with Crippen LogP contribution in [0.5, 0.6) is 0 Å². The molecule has 0 aromatic heterocycles. The number of nitrogens with zero attached hydrogens (tertiary/aromatic N) is 1. The molecule has 18 heteroatoms. The topological polar surface area (TPSA) is 210 Å². The molecule has 2 fully saturated rings. The van der Waals surface area contributed by atoms with Gasteiger partial charge in [-0.3, -0.25) is 18.9 Å². The Balaban J connectivity index is 0.0000218. The SMILES string of the molecule is CCCCCCCCCCCCCCCC(=O)OCC(COP(=O)([O-])OCCNC(=O)CCCCC1SC[C@H]2[C@@H]1NC(=O)N2C(=O)O)OC(=O)CCCCCCCCCCCCCCC.[Li+]. The van der Waals surface area contributed by atoms with Crippen LogP contribution in [0.1, 0.15) is 219 Å². The van der Waals surface area contributed by atoms with Gasteiger partial charge in [-0.05, 0) is 25.7 Å². The molecule has 2 saturated heterocycles. The number of rotatable bonds is 43. The van der Waals surface area contributed by atoms with Crippen LogP contribution in [-0.4, -0.2) is 95.5 Å². The summed E-state index contributed by atoms with van der Waals surface area (Å²) < 4.78 is 33.6. The van der Waals surface area contributed by atoms with Crippen molar-refractivity contribution in [2.24, 2.45) is 0 Å². The fourth-order valence-electron chi connectivity index (χ4n) is 8.43. The zero-order valence-electron chi connectivity index (χ0n) is 41.2. The second-order valence-electron chi connectivity index (χ2n) is 18.0. The van der Waals surface area contributed by atoms with E-state index in [2.05, 4.69) is 24.5 Å². The smallest absolute Gasteiger partial charge is 0.756 e. The van der Waals surface area contributed by atoms with Gasteiger partial charge in [-0.1, -0.05) is 174 Å². The molecule has 0 saturated carbocycles. The van der Waals surface area contributed by atoms with Gasteiger partial charge < -0.3 is 39.2 Å². The van der Waals surface area contributed by atoms with Crippen molar-refractivity contribution in [3.63, 3.8) is 0 Å². The van der Waals surface area contributed by atoms with Gasteiger partial charge in [0.2, 0.25) is 5.91 Å². The summed E-state index contributed by atoms with van der Waals surface area (Å²) in [6.45, 7) is 3.10. The molecule has 66 heavy (non-hydrogen) atoms.